The Balaban J connectivity index is 1.84. The largest absolute Gasteiger partial charge is 0.573 e. The average Bonchev–Trinajstić information content (AvgIpc) is 3.18. The highest BCUT2D eigenvalue weighted by Crippen LogP contribution is 2.42. The van der Waals surface area contributed by atoms with Gasteiger partial charge in [0.25, 0.3) is 0 Å². The number of alkyl halides is 3. The highest BCUT2D eigenvalue weighted by Gasteiger charge is 2.35. The molecule has 2 saturated carbocycles. The van der Waals surface area contributed by atoms with Gasteiger partial charge in [0.1, 0.15) is 5.75 Å². The quantitative estimate of drug-likeness (QED) is 0.702. The molecule has 3 nitrogen and oxygen atoms in total. The number of ether oxygens (including phenoxy) is 3. The molecule has 0 radical (unpaired) electrons. The third kappa shape index (κ3) is 4.28. The van der Waals surface area contributed by atoms with E-state index in [2.05, 4.69) is 4.74 Å². The molecule has 0 saturated heterocycles. The van der Waals surface area contributed by atoms with Crippen molar-refractivity contribution >= 4 is 0 Å². The van der Waals surface area contributed by atoms with E-state index in [9.17, 15) is 13.2 Å². The van der Waals surface area contributed by atoms with Gasteiger partial charge in [-0.3, -0.25) is 0 Å². The van der Waals surface area contributed by atoms with Crippen molar-refractivity contribution in [1.29, 1.82) is 0 Å². The van der Waals surface area contributed by atoms with Crippen LogP contribution in [0.4, 0.5) is 13.2 Å². The number of halogens is 3. The summed E-state index contributed by atoms with van der Waals surface area (Å²) < 4.78 is 54.4. The van der Waals surface area contributed by atoms with E-state index in [0.29, 0.717) is 11.3 Å². The second-order valence-corrected chi connectivity index (χ2v) is 6.61. The molecule has 6 heteroatoms. The molecule has 2 aliphatic carbocycles. The zero-order valence-corrected chi connectivity index (χ0v) is 13.8. The lowest BCUT2D eigenvalue weighted by molar-refractivity contribution is -0.275. The van der Waals surface area contributed by atoms with E-state index in [1.54, 1.807) is 13.0 Å². The fraction of sp³-hybridized carbons (Fsp3) is 0.667. The summed E-state index contributed by atoms with van der Waals surface area (Å²) in [5.41, 5.74) is 0.342. The van der Waals surface area contributed by atoms with Crippen LogP contribution in [0.1, 0.15) is 56.9 Å². The standard InChI is InChI=1S/C18H23F3O3/c1-12-15(22-13-6-2-3-7-13)10-11-16(17(12)24-18(19,20)21)23-14-8-4-5-9-14/h10-11,13-14H,2-9H2,1H3. The maximum atomic E-state index is 12.8. The topological polar surface area (TPSA) is 27.7 Å². The summed E-state index contributed by atoms with van der Waals surface area (Å²) in [6, 6.07) is 3.23. The first-order chi connectivity index (χ1) is 11.4. The maximum Gasteiger partial charge on any atom is 0.573 e. The van der Waals surface area contributed by atoms with Gasteiger partial charge < -0.3 is 14.2 Å². The summed E-state index contributed by atoms with van der Waals surface area (Å²) in [5, 5.41) is 0. The van der Waals surface area contributed by atoms with Crippen LogP contribution in [0.5, 0.6) is 17.2 Å². The van der Waals surface area contributed by atoms with E-state index in [0.717, 1.165) is 51.4 Å². The highest BCUT2D eigenvalue weighted by atomic mass is 19.4. The Morgan fingerprint density at radius 1 is 0.833 bits per heavy atom. The molecular formula is C18H23F3O3. The Morgan fingerprint density at radius 2 is 1.29 bits per heavy atom. The molecule has 1 aromatic rings. The van der Waals surface area contributed by atoms with Crippen LogP contribution in [-0.4, -0.2) is 18.6 Å². The Labute approximate surface area is 140 Å². The minimum atomic E-state index is -4.76. The van der Waals surface area contributed by atoms with Crippen molar-refractivity contribution in [2.45, 2.75) is 76.9 Å². The zero-order chi connectivity index (χ0) is 17.2. The van der Waals surface area contributed by atoms with E-state index >= 15 is 0 Å². The fourth-order valence-electron chi connectivity index (χ4n) is 3.48. The number of rotatable bonds is 5. The predicted molar refractivity (Wildman–Crippen MR) is 83.6 cm³/mol. The molecule has 0 N–H and O–H groups in total. The van der Waals surface area contributed by atoms with E-state index in [4.69, 9.17) is 9.47 Å². The van der Waals surface area contributed by atoms with E-state index in [-0.39, 0.29) is 23.7 Å². The van der Waals surface area contributed by atoms with E-state index in [1.807, 2.05) is 0 Å². The monoisotopic (exact) mass is 344 g/mol. The number of benzene rings is 1. The summed E-state index contributed by atoms with van der Waals surface area (Å²) in [4.78, 5) is 0. The predicted octanol–water partition coefficient (Wildman–Crippen LogP) is 5.54. The van der Waals surface area contributed by atoms with Crippen molar-refractivity contribution in [3.05, 3.63) is 17.7 Å². The minimum Gasteiger partial charge on any atom is -0.490 e. The second kappa shape index (κ2) is 7.11. The van der Waals surface area contributed by atoms with E-state index in [1.165, 1.54) is 6.07 Å². The summed E-state index contributed by atoms with van der Waals surface area (Å²) in [6.07, 6.45) is 3.16. The van der Waals surface area contributed by atoms with Crippen molar-refractivity contribution in [1.82, 2.24) is 0 Å². The van der Waals surface area contributed by atoms with Crippen molar-refractivity contribution in [3.63, 3.8) is 0 Å². The Bertz CT molecular complexity index is 559. The van der Waals surface area contributed by atoms with Gasteiger partial charge in [0.2, 0.25) is 0 Å². The molecule has 0 aliphatic heterocycles. The highest BCUT2D eigenvalue weighted by molar-refractivity contribution is 5.53. The van der Waals surface area contributed by atoms with Gasteiger partial charge in [-0.15, -0.1) is 13.2 Å². The van der Waals surface area contributed by atoms with Gasteiger partial charge in [0, 0.05) is 5.56 Å². The molecule has 24 heavy (non-hydrogen) atoms. The van der Waals surface area contributed by atoms with E-state index < -0.39 is 6.36 Å². The minimum absolute atomic E-state index is 0.0402. The van der Waals surface area contributed by atoms with Crippen LogP contribution in [0.25, 0.3) is 0 Å². The first-order valence-electron chi connectivity index (χ1n) is 8.65. The first-order valence-corrected chi connectivity index (χ1v) is 8.65. The first kappa shape index (κ1) is 17.2. The third-order valence-corrected chi connectivity index (χ3v) is 4.73. The van der Waals surface area contributed by atoms with Gasteiger partial charge in [-0.2, -0.15) is 0 Å². The fourth-order valence-corrected chi connectivity index (χ4v) is 3.48. The van der Waals surface area contributed by atoms with Gasteiger partial charge in [-0.25, -0.2) is 0 Å². The zero-order valence-electron chi connectivity index (χ0n) is 13.8. The normalized spacial score (nSPS) is 19.7. The second-order valence-electron chi connectivity index (χ2n) is 6.61. The molecule has 0 amide bonds. The number of hydrogen-bond donors (Lipinski definition) is 0. The van der Waals surface area contributed by atoms with Crippen LogP contribution >= 0.6 is 0 Å². The van der Waals surface area contributed by atoms with Gasteiger partial charge in [-0.1, -0.05) is 0 Å². The smallest absolute Gasteiger partial charge is 0.490 e. The van der Waals surface area contributed by atoms with Crippen LogP contribution in [0, 0.1) is 6.92 Å². The van der Waals surface area contributed by atoms with Crippen molar-refractivity contribution in [3.8, 4) is 17.2 Å². The van der Waals surface area contributed by atoms with Gasteiger partial charge in [-0.05, 0) is 70.4 Å². The summed E-state index contributed by atoms with van der Waals surface area (Å²) >= 11 is 0. The molecule has 0 unspecified atom stereocenters. The third-order valence-electron chi connectivity index (χ3n) is 4.73. The molecule has 0 bridgehead atoms. The molecule has 3 rings (SSSR count). The molecule has 134 valence electrons. The molecule has 2 aliphatic rings. The van der Waals surface area contributed by atoms with Gasteiger partial charge in [0.05, 0.1) is 12.2 Å². The maximum absolute atomic E-state index is 12.8. The van der Waals surface area contributed by atoms with Crippen molar-refractivity contribution in [2.24, 2.45) is 0 Å². The summed E-state index contributed by atoms with van der Waals surface area (Å²) in [5.74, 6) is 0.320. The molecule has 0 spiro atoms. The molecule has 0 aromatic heterocycles. The Morgan fingerprint density at radius 3 is 1.79 bits per heavy atom. The lowest BCUT2D eigenvalue weighted by atomic mass is 10.1. The summed E-state index contributed by atoms with van der Waals surface area (Å²) in [6.45, 7) is 1.59. The SMILES string of the molecule is Cc1c(OC2CCCC2)ccc(OC2CCCC2)c1OC(F)(F)F. The van der Waals surface area contributed by atoms with Gasteiger partial charge >= 0.3 is 6.36 Å². The average molecular weight is 344 g/mol. The van der Waals surface area contributed by atoms with Crippen LogP contribution in [0.2, 0.25) is 0 Å². The van der Waals surface area contributed by atoms with Crippen molar-refractivity contribution < 1.29 is 27.4 Å². The lowest BCUT2D eigenvalue weighted by Gasteiger charge is -2.22. The van der Waals surface area contributed by atoms with Crippen LogP contribution < -0.4 is 14.2 Å². The molecule has 2 fully saturated rings. The number of hydrogen-bond acceptors (Lipinski definition) is 3. The molecular weight excluding hydrogens is 321 g/mol. The Kier molecular flexibility index (Phi) is 5.11. The summed E-state index contributed by atoms with van der Waals surface area (Å²) in [7, 11) is 0. The van der Waals surface area contributed by atoms with Gasteiger partial charge in [0.15, 0.2) is 11.5 Å². The lowest BCUT2D eigenvalue weighted by Crippen LogP contribution is -2.20. The van der Waals surface area contributed by atoms with Crippen LogP contribution in [-0.2, 0) is 0 Å². The van der Waals surface area contributed by atoms with Crippen molar-refractivity contribution in [2.75, 3.05) is 0 Å². The van der Waals surface area contributed by atoms with Crippen LogP contribution in [0.3, 0.4) is 0 Å². The molecule has 0 atom stereocenters. The molecule has 0 heterocycles. The molecule has 1 aromatic carbocycles. The van der Waals surface area contributed by atoms with Crippen LogP contribution in [0.15, 0.2) is 12.1 Å². The Hall–Kier alpha value is -1.59.